The number of hydrogen-bond acceptors (Lipinski definition) is 2. The second-order valence-electron chi connectivity index (χ2n) is 6.58. The molecule has 0 spiro atoms. The Kier molecular flexibility index (Phi) is 5.56. The molecule has 0 aliphatic carbocycles. The number of piperidine rings is 1. The third kappa shape index (κ3) is 4.40. The number of rotatable bonds is 6. The highest BCUT2D eigenvalue weighted by Crippen LogP contribution is 2.16. The lowest BCUT2D eigenvalue weighted by molar-refractivity contribution is -0.926. The van der Waals surface area contributed by atoms with Gasteiger partial charge in [-0.25, -0.2) is 0 Å². The lowest BCUT2D eigenvalue weighted by atomic mass is 10.0. The van der Waals surface area contributed by atoms with Crippen LogP contribution in [0.25, 0.3) is 0 Å². The molecule has 3 N–H and O–H groups in total. The molecule has 2 aromatic rings. The normalized spacial score (nSPS) is 20.7. The van der Waals surface area contributed by atoms with Gasteiger partial charge in [-0.3, -0.25) is 10.1 Å². The summed E-state index contributed by atoms with van der Waals surface area (Å²) < 4.78 is 0. The van der Waals surface area contributed by atoms with Crippen LogP contribution in [-0.4, -0.2) is 24.1 Å². The Labute approximate surface area is 142 Å². The molecular formula is C19H25N3O2+2. The Hall–Kier alpha value is -2.24. The molecule has 0 amide bonds. The Bertz CT molecular complexity index is 667. The van der Waals surface area contributed by atoms with E-state index >= 15 is 0 Å². The maximum Gasteiger partial charge on any atom is 0.278 e. The van der Waals surface area contributed by atoms with E-state index in [-0.39, 0.29) is 10.6 Å². The quantitative estimate of drug-likeness (QED) is 0.612. The molecule has 2 aromatic carbocycles. The number of para-hydroxylation sites is 1. The first-order valence-electron chi connectivity index (χ1n) is 8.65. The van der Waals surface area contributed by atoms with E-state index < -0.39 is 0 Å². The largest absolute Gasteiger partial charge is 0.339 e. The lowest BCUT2D eigenvalue weighted by Gasteiger charge is -2.28. The summed E-state index contributed by atoms with van der Waals surface area (Å²) in [7, 11) is 0. The second kappa shape index (κ2) is 8.04. The molecular weight excluding hydrogens is 302 g/mol. The molecule has 0 radical (unpaired) electrons. The maximum atomic E-state index is 11.1. The van der Waals surface area contributed by atoms with Gasteiger partial charge in [-0.2, -0.15) is 0 Å². The first kappa shape index (κ1) is 16.6. The van der Waals surface area contributed by atoms with E-state index in [0.717, 1.165) is 12.1 Å². The lowest BCUT2D eigenvalue weighted by Crippen LogP contribution is -3.13. The van der Waals surface area contributed by atoms with Gasteiger partial charge in [-0.15, -0.1) is 0 Å². The maximum absolute atomic E-state index is 11.1. The summed E-state index contributed by atoms with van der Waals surface area (Å²) in [4.78, 5) is 12.4. The van der Waals surface area contributed by atoms with Crippen LogP contribution in [0.2, 0.25) is 0 Å². The molecule has 0 aromatic heterocycles. The van der Waals surface area contributed by atoms with E-state index in [4.69, 9.17) is 0 Å². The summed E-state index contributed by atoms with van der Waals surface area (Å²) in [6.45, 7) is 4.13. The summed E-state index contributed by atoms with van der Waals surface area (Å²) in [6.07, 6.45) is 2.34. The highest BCUT2D eigenvalue weighted by atomic mass is 16.6. The van der Waals surface area contributed by atoms with E-state index in [2.05, 4.69) is 35.6 Å². The van der Waals surface area contributed by atoms with Gasteiger partial charge >= 0.3 is 0 Å². The Morgan fingerprint density at radius 3 is 2.42 bits per heavy atom. The smallest absolute Gasteiger partial charge is 0.278 e. The molecule has 126 valence electrons. The molecule has 5 heteroatoms. The number of nitrogens with zero attached hydrogens (tertiary/aromatic N) is 1. The zero-order valence-corrected chi connectivity index (χ0v) is 13.9. The van der Waals surface area contributed by atoms with Crippen LogP contribution in [-0.2, 0) is 13.1 Å². The molecule has 1 saturated heterocycles. The minimum atomic E-state index is -0.282. The van der Waals surface area contributed by atoms with Crippen molar-refractivity contribution in [3.8, 4) is 0 Å². The van der Waals surface area contributed by atoms with Gasteiger partial charge in [0.15, 0.2) is 0 Å². The van der Waals surface area contributed by atoms with E-state index in [1.165, 1.54) is 31.5 Å². The van der Waals surface area contributed by atoms with E-state index in [1.54, 1.807) is 17.0 Å². The summed E-state index contributed by atoms with van der Waals surface area (Å²) in [6, 6.07) is 18.3. The van der Waals surface area contributed by atoms with Crippen molar-refractivity contribution in [1.82, 2.24) is 0 Å². The van der Waals surface area contributed by atoms with Gasteiger partial charge in [-0.1, -0.05) is 42.5 Å². The molecule has 1 heterocycles. The van der Waals surface area contributed by atoms with Crippen LogP contribution < -0.4 is 10.2 Å². The molecule has 1 aliphatic heterocycles. The van der Waals surface area contributed by atoms with Crippen LogP contribution in [0.3, 0.4) is 0 Å². The average molecular weight is 327 g/mol. The summed E-state index contributed by atoms with van der Waals surface area (Å²) in [5.41, 5.74) is 2.46. The van der Waals surface area contributed by atoms with Crippen molar-refractivity contribution in [2.45, 2.75) is 32.0 Å². The number of nitrogens with two attached hydrogens (primary N) is 1. The molecule has 0 saturated carbocycles. The minimum absolute atomic E-state index is 0.237. The number of likely N-dealkylation sites (tertiary alicyclic amines) is 1. The molecule has 0 atom stereocenters. The summed E-state index contributed by atoms with van der Waals surface area (Å²) in [5, 5.41) is 13.4. The minimum Gasteiger partial charge on any atom is -0.339 e. The zero-order chi connectivity index (χ0) is 16.8. The molecule has 1 fully saturated rings. The number of nitro groups is 1. The monoisotopic (exact) mass is 327 g/mol. The van der Waals surface area contributed by atoms with Crippen molar-refractivity contribution < 1.29 is 15.1 Å². The fraction of sp³-hybridized carbons (Fsp3) is 0.368. The summed E-state index contributed by atoms with van der Waals surface area (Å²) >= 11 is 0. The van der Waals surface area contributed by atoms with E-state index in [9.17, 15) is 10.1 Å². The fourth-order valence-electron chi connectivity index (χ4n) is 3.50. The first-order valence-corrected chi connectivity index (χ1v) is 8.65. The van der Waals surface area contributed by atoms with Gasteiger partial charge in [0.1, 0.15) is 13.1 Å². The molecule has 0 unspecified atom stereocenters. The molecule has 3 rings (SSSR count). The topological polar surface area (TPSA) is 64.2 Å². The fourth-order valence-corrected chi connectivity index (χ4v) is 3.50. The van der Waals surface area contributed by atoms with Crippen molar-refractivity contribution in [2.75, 3.05) is 13.1 Å². The van der Waals surface area contributed by atoms with Crippen molar-refractivity contribution in [3.05, 3.63) is 75.8 Å². The number of nitro benzene ring substituents is 1. The highest BCUT2D eigenvalue weighted by molar-refractivity contribution is 5.38. The van der Waals surface area contributed by atoms with Crippen LogP contribution in [0, 0.1) is 10.1 Å². The predicted molar refractivity (Wildman–Crippen MR) is 92.6 cm³/mol. The Balaban J connectivity index is 1.47. The first-order chi connectivity index (χ1) is 11.7. The van der Waals surface area contributed by atoms with Crippen LogP contribution in [0.1, 0.15) is 24.0 Å². The van der Waals surface area contributed by atoms with Crippen molar-refractivity contribution >= 4 is 5.69 Å². The number of nitrogens with one attached hydrogen (secondary N) is 1. The molecule has 5 nitrogen and oxygen atoms in total. The van der Waals surface area contributed by atoms with Crippen LogP contribution in [0.5, 0.6) is 0 Å². The van der Waals surface area contributed by atoms with Gasteiger partial charge in [0.2, 0.25) is 0 Å². The van der Waals surface area contributed by atoms with E-state index in [0.29, 0.717) is 12.6 Å². The standard InChI is InChI=1S/C19H23N3O2/c23-22(24)19-9-5-4-8-17(19)14-20-18-10-12-21(13-11-18)15-16-6-2-1-3-7-16/h1-9,18,20H,10-15H2/p+2. The van der Waals surface area contributed by atoms with Gasteiger partial charge in [0, 0.05) is 24.5 Å². The van der Waals surface area contributed by atoms with Crippen molar-refractivity contribution in [3.63, 3.8) is 0 Å². The average Bonchev–Trinajstić information content (AvgIpc) is 2.62. The van der Waals surface area contributed by atoms with Gasteiger partial charge < -0.3 is 10.2 Å². The SMILES string of the molecule is O=[N+]([O-])c1ccccc1C[NH2+]C1CC[NH+](Cc2ccccc2)CC1. The molecule has 24 heavy (non-hydrogen) atoms. The highest BCUT2D eigenvalue weighted by Gasteiger charge is 2.25. The number of quaternary nitrogens is 2. The zero-order valence-electron chi connectivity index (χ0n) is 13.9. The Morgan fingerprint density at radius 1 is 1.04 bits per heavy atom. The third-order valence-electron chi connectivity index (χ3n) is 4.89. The van der Waals surface area contributed by atoms with Crippen molar-refractivity contribution in [2.24, 2.45) is 0 Å². The van der Waals surface area contributed by atoms with Crippen LogP contribution in [0.4, 0.5) is 5.69 Å². The number of hydrogen-bond donors (Lipinski definition) is 2. The second-order valence-corrected chi connectivity index (χ2v) is 6.58. The van der Waals surface area contributed by atoms with Crippen LogP contribution in [0.15, 0.2) is 54.6 Å². The summed E-state index contributed by atoms with van der Waals surface area (Å²) in [5.74, 6) is 0. The van der Waals surface area contributed by atoms with Crippen LogP contribution >= 0.6 is 0 Å². The molecule has 0 bridgehead atoms. The molecule has 1 aliphatic rings. The van der Waals surface area contributed by atoms with Gasteiger partial charge in [-0.05, 0) is 6.07 Å². The Morgan fingerprint density at radius 2 is 1.71 bits per heavy atom. The van der Waals surface area contributed by atoms with Crippen molar-refractivity contribution in [1.29, 1.82) is 0 Å². The predicted octanol–water partition coefficient (Wildman–Crippen LogP) is 0.906. The number of benzene rings is 2. The van der Waals surface area contributed by atoms with Gasteiger partial charge in [0.25, 0.3) is 5.69 Å². The van der Waals surface area contributed by atoms with E-state index in [1.807, 2.05) is 12.1 Å². The third-order valence-corrected chi connectivity index (χ3v) is 4.89. The van der Waals surface area contributed by atoms with Gasteiger partial charge in [0.05, 0.1) is 29.6 Å².